The molecule has 1 aliphatic carbocycles. The van der Waals surface area contributed by atoms with E-state index in [1.165, 1.54) is 0 Å². The number of carbonyl (C=O) groups excluding carboxylic acids is 1. The standard InChI is InChI=1S/C17H23BO3/c1-12-14(10-15(18)17(12)20-2)8-9-16(19)21-11-13-6-4-3-5-7-13/h3-7,12,14-15,17H,8-11H2,1-2H3/t12?,14-,15+,17-/m0/s1. The molecule has 1 unspecified atom stereocenters. The summed E-state index contributed by atoms with van der Waals surface area (Å²) in [6, 6.07) is 9.73. The van der Waals surface area contributed by atoms with Crippen molar-refractivity contribution in [2.45, 2.75) is 44.7 Å². The van der Waals surface area contributed by atoms with Gasteiger partial charge in [0.2, 0.25) is 0 Å². The van der Waals surface area contributed by atoms with Gasteiger partial charge in [-0.05, 0) is 23.8 Å². The maximum Gasteiger partial charge on any atom is 0.306 e. The zero-order valence-corrected chi connectivity index (χ0v) is 12.8. The molecule has 1 saturated carbocycles. The smallest absolute Gasteiger partial charge is 0.306 e. The molecular weight excluding hydrogens is 263 g/mol. The normalized spacial score (nSPS) is 28.5. The Morgan fingerprint density at radius 3 is 2.67 bits per heavy atom. The minimum atomic E-state index is -0.138. The maximum atomic E-state index is 11.8. The van der Waals surface area contributed by atoms with E-state index in [0.717, 1.165) is 18.4 Å². The van der Waals surface area contributed by atoms with Gasteiger partial charge in [0.25, 0.3) is 0 Å². The van der Waals surface area contributed by atoms with Crippen LogP contribution in [0.5, 0.6) is 0 Å². The van der Waals surface area contributed by atoms with Gasteiger partial charge in [0.1, 0.15) is 6.61 Å². The number of hydrogen-bond acceptors (Lipinski definition) is 3. The lowest BCUT2D eigenvalue weighted by Gasteiger charge is -2.20. The largest absolute Gasteiger partial charge is 0.461 e. The highest BCUT2D eigenvalue weighted by atomic mass is 16.5. The molecule has 1 aromatic rings. The molecule has 112 valence electrons. The molecule has 0 aromatic heterocycles. The van der Waals surface area contributed by atoms with E-state index in [4.69, 9.17) is 17.3 Å². The first-order valence-corrected chi connectivity index (χ1v) is 7.59. The van der Waals surface area contributed by atoms with Crippen LogP contribution in [0.1, 0.15) is 31.7 Å². The molecule has 0 aliphatic heterocycles. The SMILES string of the molecule is [B][C@@H]1C[C@H](CCC(=O)OCc2ccccc2)C(C)[C@@H]1OC. The molecule has 4 atom stereocenters. The number of carbonyl (C=O) groups is 1. The van der Waals surface area contributed by atoms with Gasteiger partial charge in [0, 0.05) is 13.5 Å². The van der Waals surface area contributed by atoms with Gasteiger partial charge < -0.3 is 9.47 Å². The topological polar surface area (TPSA) is 35.5 Å². The first kappa shape index (κ1) is 16.1. The summed E-state index contributed by atoms with van der Waals surface area (Å²) in [6.07, 6.45) is 2.30. The lowest BCUT2D eigenvalue weighted by molar-refractivity contribution is -0.145. The number of methoxy groups -OCH3 is 1. The molecule has 21 heavy (non-hydrogen) atoms. The predicted molar refractivity (Wildman–Crippen MR) is 83.0 cm³/mol. The Labute approximate surface area is 128 Å². The van der Waals surface area contributed by atoms with E-state index < -0.39 is 0 Å². The third kappa shape index (κ3) is 4.34. The fraction of sp³-hybridized carbons (Fsp3) is 0.588. The van der Waals surface area contributed by atoms with Crippen LogP contribution in [0.3, 0.4) is 0 Å². The Morgan fingerprint density at radius 1 is 1.33 bits per heavy atom. The summed E-state index contributed by atoms with van der Waals surface area (Å²) in [6.45, 7) is 2.50. The zero-order valence-electron chi connectivity index (χ0n) is 12.8. The van der Waals surface area contributed by atoms with Crippen molar-refractivity contribution < 1.29 is 14.3 Å². The molecule has 0 saturated heterocycles. The van der Waals surface area contributed by atoms with Crippen molar-refractivity contribution >= 4 is 13.8 Å². The lowest BCUT2D eigenvalue weighted by Crippen LogP contribution is -2.21. The molecular formula is C17H23BO3. The van der Waals surface area contributed by atoms with Gasteiger partial charge in [-0.1, -0.05) is 49.5 Å². The summed E-state index contributed by atoms with van der Waals surface area (Å²) >= 11 is 0. The summed E-state index contributed by atoms with van der Waals surface area (Å²) in [5, 5.41) is 0. The second-order valence-corrected chi connectivity index (χ2v) is 5.90. The van der Waals surface area contributed by atoms with Crippen LogP contribution in [-0.2, 0) is 20.9 Å². The van der Waals surface area contributed by atoms with Gasteiger partial charge in [-0.15, -0.1) is 0 Å². The monoisotopic (exact) mass is 286 g/mol. The predicted octanol–water partition coefficient (Wildman–Crippen LogP) is 3.14. The summed E-state index contributed by atoms with van der Waals surface area (Å²) in [5.74, 6) is 0.775. The van der Waals surface area contributed by atoms with Crippen molar-refractivity contribution in [3.05, 3.63) is 35.9 Å². The summed E-state index contributed by atoms with van der Waals surface area (Å²) in [4.78, 5) is 11.8. The fourth-order valence-corrected chi connectivity index (χ4v) is 3.24. The number of ether oxygens (including phenoxy) is 2. The second-order valence-electron chi connectivity index (χ2n) is 5.90. The van der Waals surface area contributed by atoms with Crippen LogP contribution in [0.25, 0.3) is 0 Å². The molecule has 0 heterocycles. The van der Waals surface area contributed by atoms with Gasteiger partial charge in [-0.25, -0.2) is 0 Å². The molecule has 2 radical (unpaired) electrons. The minimum absolute atomic E-state index is 0.0790. The van der Waals surface area contributed by atoms with Gasteiger partial charge in [0.05, 0.1) is 14.0 Å². The van der Waals surface area contributed by atoms with Crippen molar-refractivity contribution in [2.24, 2.45) is 11.8 Å². The number of benzene rings is 1. The molecule has 0 N–H and O–H groups in total. The molecule has 3 nitrogen and oxygen atoms in total. The third-order valence-electron chi connectivity index (χ3n) is 4.49. The molecule has 1 aliphatic rings. The van der Waals surface area contributed by atoms with Crippen LogP contribution < -0.4 is 0 Å². The minimum Gasteiger partial charge on any atom is -0.461 e. The van der Waals surface area contributed by atoms with Crippen LogP contribution >= 0.6 is 0 Å². The van der Waals surface area contributed by atoms with Crippen molar-refractivity contribution in [3.8, 4) is 0 Å². The average Bonchev–Trinajstić information content (AvgIpc) is 2.77. The van der Waals surface area contributed by atoms with E-state index in [1.54, 1.807) is 7.11 Å². The van der Waals surface area contributed by atoms with Crippen LogP contribution in [0.4, 0.5) is 0 Å². The highest BCUT2D eigenvalue weighted by molar-refractivity contribution is 6.12. The van der Waals surface area contributed by atoms with Crippen molar-refractivity contribution in [1.29, 1.82) is 0 Å². The molecule has 0 spiro atoms. The molecule has 1 fully saturated rings. The van der Waals surface area contributed by atoms with E-state index in [-0.39, 0.29) is 17.9 Å². The van der Waals surface area contributed by atoms with Crippen LogP contribution in [0.2, 0.25) is 5.82 Å². The highest BCUT2D eigenvalue weighted by Crippen LogP contribution is 2.42. The third-order valence-corrected chi connectivity index (χ3v) is 4.49. The number of esters is 1. The summed E-state index contributed by atoms with van der Waals surface area (Å²) < 4.78 is 10.7. The zero-order chi connectivity index (χ0) is 15.2. The molecule has 0 amide bonds. The Balaban J connectivity index is 1.72. The van der Waals surface area contributed by atoms with E-state index in [1.807, 2.05) is 30.3 Å². The number of hydrogen-bond donors (Lipinski definition) is 0. The van der Waals surface area contributed by atoms with E-state index >= 15 is 0 Å². The average molecular weight is 286 g/mol. The van der Waals surface area contributed by atoms with E-state index in [0.29, 0.717) is 24.9 Å². The van der Waals surface area contributed by atoms with Gasteiger partial charge in [0.15, 0.2) is 0 Å². The van der Waals surface area contributed by atoms with E-state index in [2.05, 4.69) is 6.92 Å². The van der Waals surface area contributed by atoms with Crippen molar-refractivity contribution in [2.75, 3.05) is 7.11 Å². The first-order valence-electron chi connectivity index (χ1n) is 7.59. The molecule has 0 bridgehead atoms. The Kier molecular flexibility index (Phi) is 5.86. The second kappa shape index (κ2) is 7.65. The maximum absolute atomic E-state index is 11.8. The molecule has 4 heteroatoms. The van der Waals surface area contributed by atoms with Crippen molar-refractivity contribution in [3.63, 3.8) is 0 Å². The summed E-state index contributed by atoms with van der Waals surface area (Å²) in [5.41, 5.74) is 1.02. The van der Waals surface area contributed by atoms with Gasteiger partial charge >= 0.3 is 5.97 Å². The highest BCUT2D eigenvalue weighted by Gasteiger charge is 2.37. The Morgan fingerprint density at radius 2 is 2.05 bits per heavy atom. The van der Waals surface area contributed by atoms with E-state index in [9.17, 15) is 4.79 Å². The molecule has 2 rings (SSSR count). The van der Waals surface area contributed by atoms with Crippen LogP contribution in [-0.4, -0.2) is 27.0 Å². The van der Waals surface area contributed by atoms with Crippen LogP contribution in [0.15, 0.2) is 30.3 Å². The fourth-order valence-electron chi connectivity index (χ4n) is 3.24. The van der Waals surface area contributed by atoms with Crippen molar-refractivity contribution in [1.82, 2.24) is 0 Å². The molecule has 1 aromatic carbocycles. The quantitative estimate of drug-likeness (QED) is 0.595. The Hall–Kier alpha value is -1.29. The van der Waals surface area contributed by atoms with Gasteiger partial charge in [-0.2, -0.15) is 0 Å². The Bertz CT molecular complexity index is 449. The number of rotatable bonds is 6. The summed E-state index contributed by atoms with van der Waals surface area (Å²) in [7, 11) is 7.78. The first-order chi connectivity index (χ1) is 10.1. The van der Waals surface area contributed by atoms with Gasteiger partial charge in [-0.3, -0.25) is 4.79 Å². The lowest BCUT2D eigenvalue weighted by atomic mass is 9.83. The van der Waals surface area contributed by atoms with Crippen LogP contribution in [0, 0.1) is 11.8 Å².